The lowest BCUT2D eigenvalue weighted by atomic mass is 10.1. The zero-order valence-electron chi connectivity index (χ0n) is 14.3. The summed E-state index contributed by atoms with van der Waals surface area (Å²) in [6.45, 7) is 1.63. The molecule has 3 rings (SSSR count). The number of rotatable bonds is 5. The van der Waals surface area contributed by atoms with Crippen molar-refractivity contribution in [1.29, 1.82) is 0 Å². The predicted octanol–water partition coefficient (Wildman–Crippen LogP) is 2.06. The number of sulfonamides is 1. The first-order valence-electron chi connectivity index (χ1n) is 8.24. The van der Waals surface area contributed by atoms with Crippen molar-refractivity contribution in [3.05, 3.63) is 59.9 Å². The van der Waals surface area contributed by atoms with Crippen molar-refractivity contribution in [2.75, 3.05) is 24.9 Å². The Morgan fingerprint density at radius 1 is 1.19 bits per heavy atom. The van der Waals surface area contributed by atoms with E-state index in [0.717, 1.165) is 19.5 Å². The lowest BCUT2D eigenvalue weighted by molar-refractivity contribution is 0.0743. The van der Waals surface area contributed by atoms with Gasteiger partial charge in [-0.05, 0) is 49.4 Å². The molecule has 2 aromatic rings. The number of halogens is 1. The molecule has 2 aromatic carbocycles. The van der Waals surface area contributed by atoms with Gasteiger partial charge in [0.2, 0.25) is 0 Å². The third-order valence-electron chi connectivity index (χ3n) is 4.43. The maximum Gasteiger partial charge on any atom is 0.261 e. The van der Waals surface area contributed by atoms with Crippen molar-refractivity contribution >= 4 is 21.6 Å². The quantitative estimate of drug-likeness (QED) is 0.836. The van der Waals surface area contributed by atoms with E-state index in [1.54, 1.807) is 11.9 Å². The molecule has 8 heteroatoms. The van der Waals surface area contributed by atoms with Gasteiger partial charge in [-0.2, -0.15) is 0 Å². The SMILES string of the molecule is CN(C(=O)c1ccc(S(=O)(=O)Nc2ccccc2F)cc1)C1CCNC1. The van der Waals surface area contributed by atoms with Gasteiger partial charge in [0.15, 0.2) is 0 Å². The van der Waals surface area contributed by atoms with Gasteiger partial charge in [0.05, 0.1) is 10.6 Å². The summed E-state index contributed by atoms with van der Waals surface area (Å²) < 4.78 is 40.7. The largest absolute Gasteiger partial charge is 0.337 e. The Labute approximate surface area is 152 Å². The molecule has 0 aromatic heterocycles. The van der Waals surface area contributed by atoms with Crippen LogP contribution in [0, 0.1) is 5.82 Å². The number of carbonyl (C=O) groups is 1. The number of hydrogen-bond acceptors (Lipinski definition) is 4. The van der Waals surface area contributed by atoms with E-state index in [-0.39, 0.29) is 22.5 Å². The molecule has 1 amide bonds. The van der Waals surface area contributed by atoms with E-state index < -0.39 is 15.8 Å². The molecule has 1 atom stereocenters. The van der Waals surface area contributed by atoms with Gasteiger partial charge >= 0.3 is 0 Å². The van der Waals surface area contributed by atoms with Gasteiger partial charge in [0, 0.05) is 25.2 Å². The minimum absolute atomic E-state index is 0.0394. The highest BCUT2D eigenvalue weighted by atomic mass is 32.2. The van der Waals surface area contributed by atoms with Gasteiger partial charge in [-0.25, -0.2) is 12.8 Å². The molecule has 0 radical (unpaired) electrons. The molecule has 2 N–H and O–H groups in total. The number of para-hydroxylation sites is 1. The number of likely N-dealkylation sites (N-methyl/N-ethyl adjacent to an activating group) is 1. The van der Waals surface area contributed by atoms with E-state index in [4.69, 9.17) is 0 Å². The van der Waals surface area contributed by atoms with Crippen LogP contribution in [0.2, 0.25) is 0 Å². The van der Waals surface area contributed by atoms with Crippen LogP contribution in [-0.4, -0.2) is 45.4 Å². The number of nitrogens with one attached hydrogen (secondary N) is 2. The van der Waals surface area contributed by atoms with Gasteiger partial charge in [-0.3, -0.25) is 9.52 Å². The van der Waals surface area contributed by atoms with Crippen molar-refractivity contribution in [1.82, 2.24) is 10.2 Å². The fraction of sp³-hybridized carbons (Fsp3) is 0.278. The summed E-state index contributed by atoms with van der Waals surface area (Å²) in [4.78, 5) is 14.1. The zero-order chi connectivity index (χ0) is 18.7. The Morgan fingerprint density at radius 2 is 1.88 bits per heavy atom. The van der Waals surface area contributed by atoms with Crippen molar-refractivity contribution in [2.45, 2.75) is 17.4 Å². The van der Waals surface area contributed by atoms with Crippen LogP contribution < -0.4 is 10.0 Å². The van der Waals surface area contributed by atoms with Crippen LogP contribution in [-0.2, 0) is 10.0 Å². The van der Waals surface area contributed by atoms with E-state index in [2.05, 4.69) is 10.0 Å². The third kappa shape index (κ3) is 3.86. The van der Waals surface area contributed by atoms with E-state index in [9.17, 15) is 17.6 Å². The number of nitrogens with zero attached hydrogens (tertiary/aromatic N) is 1. The smallest absolute Gasteiger partial charge is 0.261 e. The lowest BCUT2D eigenvalue weighted by Crippen LogP contribution is -2.38. The fourth-order valence-corrected chi connectivity index (χ4v) is 3.93. The number of carbonyl (C=O) groups excluding carboxylic acids is 1. The van der Waals surface area contributed by atoms with Crippen LogP contribution >= 0.6 is 0 Å². The first kappa shape index (κ1) is 18.3. The van der Waals surface area contributed by atoms with Gasteiger partial charge in [-0.15, -0.1) is 0 Å². The highest BCUT2D eigenvalue weighted by Gasteiger charge is 2.24. The number of hydrogen-bond donors (Lipinski definition) is 2. The van der Waals surface area contributed by atoms with Gasteiger partial charge in [-0.1, -0.05) is 12.1 Å². The third-order valence-corrected chi connectivity index (χ3v) is 5.81. The summed E-state index contributed by atoms with van der Waals surface area (Å²) in [6, 6.07) is 11.3. The monoisotopic (exact) mass is 377 g/mol. The Morgan fingerprint density at radius 3 is 2.50 bits per heavy atom. The highest BCUT2D eigenvalue weighted by molar-refractivity contribution is 7.92. The summed E-state index contributed by atoms with van der Waals surface area (Å²) >= 11 is 0. The second-order valence-electron chi connectivity index (χ2n) is 6.17. The molecular formula is C18H20FN3O3S. The molecule has 1 aliphatic heterocycles. The van der Waals surface area contributed by atoms with Gasteiger partial charge in [0.1, 0.15) is 5.82 Å². The average molecular weight is 377 g/mol. The topological polar surface area (TPSA) is 78.5 Å². The molecule has 0 saturated carbocycles. The maximum atomic E-state index is 13.7. The summed E-state index contributed by atoms with van der Waals surface area (Å²) in [5.41, 5.74) is 0.283. The van der Waals surface area contributed by atoms with E-state index in [1.807, 2.05) is 0 Å². The van der Waals surface area contributed by atoms with Crippen molar-refractivity contribution < 1.29 is 17.6 Å². The van der Waals surface area contributed by atoms with E-state index >= 15 is 0 Å². The molecule has 0 spiro atoms. The maximum absolute atomic E-state index is 13.7. The van der Waals surface area contributed by atoms with E-state index in [1.165, 1.54) is 48.5 Å². The molecule has 0 bridgehead atoms. The normalized spacial score (nSPS) is 17.1. The lowest BCUT2D eigenvalue weighted by Gasteiger charge is -2.23. The second-order valence-corrected chi connectivity index (χ2v) is 7.85. The minimum atomic E-state index is -3.94. The Kier molecular flexibility index (Phi) is 5.24. The van der Waals surface area contributed by atoms with Crippen LogP contribution in [0.15, 0.2) is 53.4 Å². The van der Waals surface area contributed by atoms with Gasteiger partial charge in [0.25, 0.3) is 15.9 Å². The molecule has 1 heterocycles. The summed E-state index contributed by atoms with van der Waals surface area (Å²) in [6.07, 6.45) is 0.890. The van der Waals surface area contributed by atoms with Crippen LogP contribution in [0.25, 0.3) is 0 Å². The standard InChI is InChI=1S/C18H20FN3O3S/c1-22(14-10-11-20-12-14)18(23)13-6-8-15(9-7-13)26(24,25)21-17-5-3-2-4-16(17)19/h2-9,14,20-21H,10-12H2,1H3. The van der Waals surface area contributed by atoms with E-state index in [0.29, 0.717) is 5.56 Å². The molecule has 1 aliphatic rings. The fourth-order valence-electron chi connectivity index (χ4n) is 2.86. The van der Waals surface area contributed by atoms with Gasteiger partial charge < -0.3 is 10.2 Å². The summed E-state index contributed by atoms with van der Waals surface area (Å²) in [7, 11) is -2.20. The predicted molar refractivity (Wildman–Crippen MR) is 97.0 cm³/mol. The molecule has 0 aliphatic carbocycles. The molecule has 1 unspecified atom stereocenters. The van der Waals surface area contributed by atoms with Crippen LogP contribution in [0.3, 0.4) is 0 Å². The summed E-state index contributed by atoms with van der Waals surface area (Å²) in [5, 5.41) is 3.20. The molecule has 1 fully saturated rings. The summed E-state index contributed by atoms with van der Waals surface area (Å²) in [5.74, 6) is -0.820. The molecule has 1 saturated heterocycles. The van der Waals surface area contributed by atoms with Crippen LogP contribution in [0.5, 0.6) is 0 Å². The minimum Gasteiger partial charge on any atom is -0.337 e. The van der Waals surface area contributed by atoms with Crippen LogP contribution in [0.4, 0.5) is 10.1 Å². The highest BCUT2D eigenvalue weighted by Crippen LogP contribution is 2.20. The number of amides is 1. The molecule has 138 valence electrons. The Hall–Kier alpha value is -2.45. The average Bonchev–Trinajstić information content (AvgIpc) is 3.17. The first-order chi connectivity index (χ1) is 12.4. The molecular weight excluding hydrogens is 357 g/mol. The Balaban J connectivity index is 1.76. The number of anilines is 1. The van der Waals surface area contributed by atoms with Crippen molar-refractivity contribution in [3.63, 3.8) is 0 Å². The van der Waals surface area contributed by atoms with Crippen LogP contribution in [0.1, 0.15) is 16.8 Å². The zero-order valence-corrected chi connectivity index (χ0v) is 15.1. The first-order valence-corrected chi connectivity index (χ1v) is 9.72. The molecule has 26 heavy (non-hydrogen) atoms. The second kappa shape index (κ2) is 7.43. The van der Waals surface area contributed by atoms with Crippen molar-refractivity contribution in [3.8, 4) is 0 Å². The molecule has 6 nitrogen and oxygen atoms in total. The number of benzene rings is 2. The van der Waals surface area contributed by atoms with Crippen molar-refractivity contribution in [2.24, 2.45) is 0 Å². The Bertz CT molecular complexity index is 894.